The zero-order valence-corrected chi connectivity index (χ0v) is 18.3. The molecule has 1 aromatic carbocycles. The van der Waals surface area contributed by atoms with Crippen LogP contribution in [-0.2, 0) is 42.3 Å². The van der Waals surface area contributed by atoms with Gasteiger partial charge in [-0.05, 0) is 79.5 Å². The molecule has 1 aliphatic carbocycles. The molecule has 2 heterocycles. The molecule has 5 N–H and O–H groups in total. The first-order chi connectivity index (χ1) is 14.9. The number of hydrogen-bond acceptors (Lipinski definition) is 4. The third-order valence-electron chi connectivity index (χ3n) is 7.29. The van der Waals surface area contributed by atoms with Gasteiger partial charge in [0.2, 0.25) is 11.8 Å². The molecule has 2 amide bonds. The summed E-state index contributed by atoms with van der Waals surface area (Å²) in [5.41, 5.74) is 16.9. The first-order valence-corrected chi connectivity index (χ1v) is 11.3. The number of amides is 2. The van der Waals surface area contributed by atoms with Gasteiger partial charge in [-0.2, -0.15) is 0 Å². The molecule has 1 saturated heterocycles. The second kappa shape index (κ2) is 9.01. The molecule has 168 valence electrons. The van der Waals surface area contributed by atoms with Gasteiger partial charge in [0.15, 0.2) is 0 Å². The van der Waals surface area contributed by atoms with E-state index >= 15 is 0 Å². The van der Waals surface area contributed by atoms with Crippen molar-refractivity contribution in [3.05, 3.63) is 34.0 Å². The number of carbonyl (C=O) groups is 2. The normalized spacial score (nSPS) is 19.5. The van der Waals surface area contributed by atoms with Crippen LogP contribution in [0.1, 0.15) is 58.4 Å². The zero-order chi connectivity index (χ0) is 22.1. The fourth-order valence-electron chi connectivity index (χ4n) is 5.82. The van der Waals surface area contributed by atoms with E-state index in [9.17, 15) is 14.7 Å². The summed E-state index contributed by atoms with van der Waals surface area (Å²) in [6, 6.07) is 1.92. The smallest absolute Gasteiger partial charge is 0.249 e. The van der Waals surface area contributed by atoms with Gasteiger partial charge in [-0.1, -0.05) is 0 Å². The highest BCUT2D eigenvalue weighted by molar-refractivity contribution is 6.02. The van der Waals surface area contributed by atoms with Crippen LogP contribution in [0.25, 0.3) is 10.9 Å². The van der Waals surface area contributed by atoms with E-state index in [0.29, 0.717) is 30.2 Å². The minimum absolute atomic E-state index is 0.00265. The predicted octanol–water partition coefficient (Wildman–Crippen LogP) is 1.76. The maximum absolute atomic E-state index is 12.4. The van der Waals surface area contributed by atoms with Crippen molar-refractivity contribution in [3.8, 4) is 0 Å². The van der Waals surface area contributed by atoms with Crippen molar-refractivity contribution in [2.45, 2.75) is 51.4 Å². The van der Waals surface area contributed by atoms with Gasteiger partial charge in [0.1, 0.15) is 0 Å². The number of benzene rings is 1. The van der Waals surface area contributed by atoms with Gasteiger partial charge in [-0.15, -0.1) is 0 Å². The lowest BCUT2D eigenvalue weighted by molar-refractivity contribution is -0.117. The molecule has 31 heavy (non-hydrogen) atoms. The highest BCUT2D eigenvalue weighted by Gasteiger charge is 2.32. The van der Waals surface area contributed by atoms with Gasteiger partial charge in [0.05, 0.1) is 11.9 Å². The average Bonchev–Trinajstić information content (AvgIpc) is 3.04. The number of aryl methyl sites for hydroxylation is 1. The topological polar surface area (TPSA) is 121 Å². The van der Waals surface area contributed by atoms with Crippen LogP contribution in [0.15, 0.2) is 6.07 Å². The Labute approximate surface area is 182 Å². The van der Waals surface area contributed by atoms with Crippen LogP contribution in [0, 0.1) is 11.8 Å². The van der Waals surface area contributed by atoms with Crippen LogP contribution >= 0.6 is 0 Å². The summed E-state index contributed by atoms with van der Waals surface area (Å²) >= 11 is 0. The highest BCUT2D eigenvalue weighted by Crippen LogP contribution is 2.41. The third-order valence-corrected chi connectivity index (χ3v) is 7.29. The summed E-state index contributed by atoms with van der Waals surface area (Å²) < 4.78 is 7.75. The number of primary amides is 2. The van der Waals surface area contributed by atoms with E-state index in [-0.39, 0.29) is 13.0 Å². The second-order valence-corrected chi connectivity index (χ2v) is 9.05. The third kappa shape index (κ3) is 4.08. The molecular weight excluding hydrogens is 394 g/mol. The number of ether oxygens (including phenoxy) is 1. The van der Waals surface area contributed by atoms with Crippen molar-refractivity contribution in [3.63, 3.8) is 0 Å². The number of rotatable bonds is 7. The van der Waals surface area contributed by atoms with E-state index in [1.807, 2.05) is 13.1 Å². The summed E-state index contributed by atoms with van der Waals surface area (Å²) in [6.07, 6.45) is 6.34. The number of aliphatic hydroxyl groups excluding tert-OH is 1. The van der Waals surface area contributed by atoms with Crippen LogP contribution in [0.5, 0.6) is 0 Å². The minimum atomic E-state index is -0.505. The molecule has 1 aromatic heterocycles. The van der Waals surface area contributed by atoms with Crippen molar-refractivity contribution in [1.29, 1.82) is 0 Å². The zero-order valence-electron chi connectivity index (χ0n) is 18.3. The molecule has 1 aliphatic heterocycles. The fraction of sp³-hybridized carbons (Fsp3) is 0.583. The first kappa shape index (κ1) is 21.8. The van der Waals surface area contributed by atoms with Gasteiger partial charge in [-0.3, -0.25) is 9.59 Å². The lowest BCUT2D eigenvalue weighted by Crippen LogP contribution is -2.28. The maximum atomic E-state index is 12.4. The summed E-state index contributed by atoms with van der Waals surface area (Å²) in [6.45, 7) is 1.68. The van der Waals surface area contributed by atoms with Crippen LogP contribution in [-0.4, -0.2) is 41.3 Å². The Kier molecular flexibility index (Phi) is 6.34. The summed E-state index contributed by atoms with van der Waals surface area (Å²) in [4.78, 5) is 24.3. The number of nitrogens with zero attached hydrogens (tertiary/aromatic N) is 1. The molecule has 0 spiro atoms. The van der Waals surface area contributed by atoms with Gasteiger partial charge in [0.25, 0.3) is 0 Å². The van der Waals surface area contributed by atoms with E-state index < -0.39 is 11.8 Å². The van der Waals surface area contributed by atoms with Gasteiger partial charge in [0, 0.05) is 43.5 Å². The standard InChI is InChI=1S/C24H33N3O4/c1-27-21-5-4-15(14-6-9-31-10-7-14)11-17(21)18-12-20(24(26)30)16(3-2-8-28)19(23(18)27)13-22(25)29/h12,14-15,28H,2-11,13H2,1H3,(H2,25,29)(H2,26,30). The number of aromatic nitrogens is 1. The van der Waals surface area contributed by atoms with Crippen LogP contribution in [0.2, 0.25) is 0 Å². The molecule has 1 unspecified atom stereocenters. The number of fused-ring (bicyclic) bond motifs is 3. The lowest BCUT2D eigenvalue weighted by Gasteiger charge is -2.33. The number of nitrogens with two attached hydrogens (primary N) is 2. The Morgan fingerprint density at radius 3 is 2.55 bits per heavy atom. The van der Waals surface area contributed by atoms with E-state index in [0.717, 1.165) is 67.3 Å². The number of aliphatic hydroxyl groups is 1. The van der Waals surface area contributed by atoms with Crippen LogP contribution in [0.3, 0.4) is 0 Å². The molecule has 0 bridgehead atoms. The largest absolute Gasteiger partial charge is 0.396 e. The first-order valence-electron chi connectivity index (χ1n) is 11.3. The van der Waals surface area contributed by atoms with Crippen LogP contribution < -0.4 is 11.5 Å². The Morgan fingerprint density at radius 1 is 1.16 bits per heavy atom. The minimum Gasteiger partial charge on any atom is -0.396 e. The number of hydrogen-bond donors (Lipinski definition) is 3. The van der Waals surface area contributed by atoms with E-state index in [1.165, 1.54) is 11.3 Å². The molecule has 1 atom stereocenters. The van der Waals surface area contributed by atoms with Crippen molar-refractivity contribution < 1.29 is 19.4 Å². The van der Waals surface area contributed by atoms with Gasteiger partial charge >= 0.3 is 0 Å². The Hall–Kier alpha value is -2.38. The van der Waals surface area contributed by atoms with Crippen LogP contribution in [0.4, 0.5) is 0 Å². The predicted molar refractivity (Wildman–Crippen MR) is 119 cm³/mol. The van der Waals surface area contributed by atoms with Crippen molar-refractivity contribution in [2.24, 2.45) is 30.4 Å². The van der Waals surface area contributed by atoms with E-state index in [1.54, 1.807) is 0 Å². The van der Waals surface area contributed by atoms with E-state index in [2.05, 4.69) is 4.57 Å². The van der Waals surface area contributed by atoms with Gasteiger partial charge < -0.3 is 25.9 Å². The number of carbonyl (C=O) groups excluding carboxylic acids is 2. The summed E-state index contributed by atoms with van der Waals surface area (Å²) in [5.74, 6) is 0.330. The lowest BCUT2D eigenvalue weighted by atomic mass is 9.75. The molecule has 7 heteroatoms. The quantitative estimate of drug-likeness (QED) is 0.623. The maximum Gasteiger partial charge on any atom is 0.249 e. The SMILES string of the molecule is Cn1c2c(c3cc(C(N)=O)c(CCCO)c(CC(N)=O)c31)CC(C1CCOCC1)CC2. The van der Waals surface area contributed by atoms with Crippen molar-refractivity contribution in [1.82, 2.24) is 4.57 Å². The molecule has 0 radical (unpaired) electrons. The van der Waals surface area contributed by atoms with Crippen molar-refractivity contribution >= 4 is 22.7 Å². The molecular formula is C24H33N3O4. The molecule has 2 aromatic rings. The molecule has 7 nitrogen and oxygen atoms in total. The monoisotopic (exact) mass is 427 g/mol. The molecule has 2 aliphatic rings. The summed E-state index contributed by atoms with van der Waals surface area (Å²) in [5, 5.41) is 10.4. The Bertz CT molecular complexity index is 1000. The Balaban J connectivity index is 1.87. The second-order valence-electron chi connectivity index (χ2n) is 9.05. The highest BCUT2D eigenvalue weighted by atomic mass is 16.5. The fourth-order valence-corrected chi connectivity index (χ4v) is 5.82. The van der Waals surface area contributed by atoms with E-state index in [4.69, 9.17) is 16.2 Å². The molecule has 1 fully saturated rings. The molecule has 4 rings (SSSR count). The average molecular weight is 428 g/mol. The van der Waals surface area contributed by atoms with Gasteiger partial charge in [-0.25, -0.2) is 0 Å². The van der Waals surface area contributed by atoms with Crippen molar-refractivity contribution in [2.75, 3.05) is 19.8 Å². The Morgan fingerprint density at radius 2 is 1.90 bits per heavy atom. The summed E-state index contributed by atoms with van der Waals surface area (Å²) in [7, 11) is 2.04. The molecule has 0 saturated carbocycles.